The molecule has 1 heterocycles. The van der Waals surface area contributed by atoms with Gasteiger partial charge in [0.15, 0.2) is 0 Å². The third kappa shape index (κ3) is 4.24. The lowest BCUT2D eigenvalue weighted by molar-refractivity contribution is 0.483. The molecule has 1 aromatic heterocycles. The molecule has 0 aliphatic carbocycles. The van der Waals surface area contributed by atoms with Crippen LogP contribution in [0, 0.1) is 5.41 Å². The van der Waals surface area contributed by atoms with Gasteiger partial charge in [-0.05, 0) is 41.5 Å². The molecule has 4 aromatic rings. The topological polar surface area (TPSA) is 124 Å². The van der Waals surface area contributed by atoms with E-state index in [4.69, 9.17) is 27.3 Å². The Labute approximate surface area is 180 Å². The van der Waals surface area contributed by atoms with Gasteiger partial charge in [-0.2, -0.15) is 0 Å². The lowest BCUT2D eigenvalue weighted by Crippen LogP contribution is -2.16. The van der Waals surface area contributed by atoms with Gasteiger partial charge in [0.2, 0.25) is 0 Å². The molecule has 7 N–H and O–H groups in total. The summed E-state index contributed by atoms with van der Waals surface area (Å²) in [5.41, 5.74) is 22.9. The summed E-state index contributed by atoms with van der Waals surface area (Å²) in [6, 6.07) is 24.8. The van der Waals surface area contributed by atoms with E-state index in [1.807, 2.05) is 78.9 Å². The summed E-state index contributed by atoms with van der Waals surface area (Å²) in [4.78, 5) is 4.58. The van der Waals surface area contributed by atoms with Crippen LogP contribution in [0.4, 0.5) is 5.69 Å². The zero-order valence-corrected chi connectivity index (χ0v) is 16.9. The number of benzene rings is 3. The third-order valence-corrected chi connectivity index (χ3v) is 4.97. The van der Waals surface area contributed by atoms with Crippen LogP contribution in [0.2, 0.25) is 0 Å². The second kappa shape index (κ2) is 8.69. The fraction of sp³-hybridized carbons (Fsp3) is 0.0400. The summed E-state index contributed by atoms with van der Waals surface area (Å²) in [5.74, 6) is 1.35. The number of rotatable bonds is 6. The monoisotopic (exact) mass is 409 g/mol. The van der Waals surface area contributed by atoms with Crippen LogP contribution in [-0.4, -0.2) is 10.8 Å². The second-order valence-electron chi connectivity index (χ2n) is 7.07. The van der Waals surface area contributed by atoms with Gasteiger partial charge in [0, 0.05) is 23.9 Å². The van der Waals surface area contributed by atoms with Gasteiger partial charge in [-0.3, -0.25) is 10.4 Å². The number of pyridine rings is 1. The Morgan fingerprint density at radius 1 is 0.871 bits per heavy atom. The molecule has 0 saturated carbocycles. The summed E-state index contributed by atoms with van der Waals surface area (Å²) < 4.78 is 5.85. The minimum atomic E-state index is -0.115. The first-order chi connectivity index (χ1) is 15.1. The van der Waals surface area contributed by atoms with Gasteiger partial charge in [0.05, 0.1) is 16.9 Å². The molecule has 6 heteroatoms. The number of amidine groups is 1. The fourth-order valence-electron chi connectivity index (χ4n) is 3.44. The number of hydrogen-bond acceptors (Lipinski definition) is 5. The van der Waals surface area contributed by atoms with Gasteiger partial charge in [-0.1, -0.05) is 48.5 Å². The number of nitrogen functional groups attached to an aromatic ring is 2. The van der Waals surface area contributed by atoms with Crippen molar-refractivity contribution >= 4 is 11.5 Å². The van der Waals surface area contributed by atoms with Crippen LogP contribution >= 0.6 is 0 Å². The van der Waals surface area contributed by atoms with Crippen molar-refractivity contribution < 1.29 is 4.74 Å². The van der Waals surface area contributed by atoms with Crippen molar-refractivity contribution in [2.24, 2.45) is 11.5 Å². The molecular formula is C25H23N5O. The van der Waals surface area contributed by atoms with Gasteiger partial charge >= 0.3 is 0 Å². The maximum Gasteiger partial charge on any atom is 0.127 e. The van der Waals surface area contributed by atoms with Crippen LogP contribution < -0.4 is 21.9 Å². The number of nitrogens with one attached hydrogen (secondary N) is 1. The van der Waals surface area contributed by atoms with E-state index in [1.54, 1.807) is 6.20 Å². The van der Waals surface area contributed by atoms with Crippen molar-refractivity contribution in [3.63, 3.8) is 0 Å². The highest BCUT2D eigenvalue weighted by Crippen LogP contribution is 2.34. The normalized spacial score (nSPS) is 10.6. The predicted octanol–water partition coefficient (Wildman–Crippen LogP) is 4.53. The van der Waals surface area contributed by atoms with Crippen molar-refractivity contribution in [2.75, 3.05) is 5.73 Å². The number of hydrogen-bond donors (Lipinski definition) is 4. The number of nitrogens with two attached hydrogens (primary N) is 3. The van der Waals surface area contributed by atoms with Crippen molar-refractivity contribution in [3.8, 4) is 33.9 Å². The first kappa shape index (κ1) is 20.1. The van der Waals surface area contributed by atoms with Crippen molar-refractivity contribution in [1.29, 1.82) is 5.41 Å². The van der Waals surface area contributed by atoms with Gasteiger partial charge in [0.25, 0.3) is 0 Å². The maximum absolute atomic E-state index is 8.12. The highest BCUT2D eigenvalue weighted by molar-refractivity contribution is 6.08. The molecule has 6 nitrogen and oxygen atoms in total. The largest absolute Gasteiger partial charge is 0.457 e. The van der Waals surface area contributed by atoms with E-state index in [0.717, 1.165) is 22.4 Å². The number of anilines is 1. The minimum Gasteiger partial charge on any atom is -0.457 e. The summed E-state index contributed by atoms with van der Waals surface area (Å²) in [6.45, 7) is 0.419. The highest BCUT2D eigenvalue weighted by atomic mass is 16.5. The Hall–Kier alpha value is -4.16. The maximum atomic E-state index is 8.12. The van der Waals surface area contributed by atoms with Crippen LogP contribution in [0.25, 0.3) is 22.4 Å². The molecular weight excluding hydrogens is 386 g/mol. The minimum absolute atomic E-state index is 0.115. The van der Waals surface area contributed by atoms with E-state index in [9.17, 15) is 0 Å². The Morgan fingerprint density at radius 3 is 2.26 bits per heavy atom. The van der Waals surface area contributed by atoms with Crippen LogP contribution in [-0.2, 0) is 6.54 Å². The molecule has 0 atom stereocenters. The molecule has 0 saturated heterocycles. The van der Waals surface area contributed by atoms with Crippen LogP contribution in [0.3, 0.4) is 0 Å². The van der Waals surface area contributed by atoms with Gasteiger partial charge in [-0.15, -0.1) is 0 Å². The SMILES string of the molecule is N=C(N)c1c(-c2ccc(Oc3ccccc3)cc2)cnc(-c2cccc(CN)c2)c1N. The molecule has 0 spiro atoms. The second-order valence-corrected chi connectivity index (χ2v) is 7.07. The van der Waals surface area contributed by atoms with E-state index < -0.39 is 0 Å². The van der Waals surface area contributed by atoms with E-state index in [-0.39, 0.29) is 5.84 Å². The number of aromatic nitrogens is 1. The highest BCUT2D eigenvalue weighted by Gasteiger charge is 2.17. The summed E-state index contributed by atoms with van der Waals surface area (Å²) in [7, 11) is 0. The lowest BCUT2D eigenvalue weighted by Gasteiger charge is -2.15. The summed E-state index contributed by atoms with van der Waals surface area (Å²) in [6.07, 6.45) is 1.70. The van der Waals surface area contributed by atoms with Gasteiger partial charge in [0.1, 0.15) is 17.3 Å². The summed E-state index contributed by atoms with van der Waals surface area (Å²) >= 11 is 0. The zero-order valence-electron chi connectivity index (χ0n) is 16.9. The van der Waals surface area contributed by atoms with Crippen LogP contribution in [0.15, 0.2) is 85.1 Å². The number of ether oxygens (including phenoxy) is 1. The van der Waals surface area contributed by atoms with Gasteiger partial charge < -0.3 is 21.9 Å². The average molecular weight is 409 g/mol. The Balaban J connectivity index is 1.71. The first-order valence-corrected chi connectivity index (χ1v) is 9.82. The van der Waals surface area contributed by atoms with Crippen molar-refractivity contribution in [1.82, 2.24) is 4.98 Å². The molecule has 0 amide bonds. The fourth-order valence-corrected chi connectivity index (χ4v) is 3.44. The Kier molecular flexibility index (Phi) is 5.64. The Morgan fingerprint density at radius 2 is 1.58 bits per heavy atom. The molecule has 31 heavy (non-hydrogen) atoms. The van der Waals surface area contributed by atoms with Gasteiger partial charge in [-0.25, -0.2) is 0 Å². The molecule has 0 bridgehead atoms. The summed E-state index contributed by atoms with van der Waals surface area (Å²) in [5, 5.41) is 8.12. The standard InChI is InChI=1S/C25H23N5O/c26-14-16-5-4-6-18(13-16)24-23(27)22(25(28)29)21(15-30-24)17-9-11-20(12-10-17)31-19-7-2-1-3-8-19/h1-13,15H,14,26-27H2,(H3,28,29). The Bertz CT molecular complexity index is 1220. The van der Waals surface area contributed by atoms with E-state index >= 15 is 0 Å². The smallest absolute Gasteiger partial charge is 0.127 e. The molecule has 4 rings (SSSR count). The average Bonchev–Trinajstić information content (AvgIpc) is 2.80. The first-order valence-electron chi connectivity index (χ1n) is 9.82. The molecule has 0 radical (unpaired) electrons. The molecule has 154 valence electrons. The van der Waals surface area contributed by atoms with Crippen molar-refractivity contribution in [2.45, 2.75) is 6.54 Å². The third-order valence-electron chi connectivity index (χ3n) is 4.97. The van der Waals surface area contributed by atoms with Crippen LogP contribution in [0.5, 0.6) is 11.5 Å². The number of para-hydroxylation sites is 1. The quantitative estimate of drug-likeness (QED) is 0.275. The molecule has 0 aliphatic rings. The molecule has 0 unspecified atom stereocenters. The predicted molar refractivity (Wildman–Crippen MR) is 125 cm³/mol. The zero-order chi connectivity index (χ0) is 21.8. The van der Waals surface area contributed by atoms with E-state index in [0.29, 0.717) is 34.8 Å². The molecule has 0 fully saturated rings. The molecule has 0 aliphatic heterocycles. The van der Waals surface area contributed by atoms with Crippen molar-refractivity contribution in [3.05, 3.63) is 96.2 Å². The molecule has 3 aromatic carbocycles. The van der Waals surface area contributed by atoms with E-state index in [2.05, 4.69) is 4.98 Å². The van der Waals surface area contributed by atoms with E-state index in [1.165, 1.54) is 0 Å². The number of nitrogens with zero attached hydrogens (tertiary/aromatic N) is 1. The van der Waals surface area contributed by atoms with Crippen LogP contribution in [0.1, 0.15) is 11.1 Å². The lowest BCUT2D eigenvalue weighted by atomic mass is 9.96.